The van der Waals surface area contributed by atoms with Crippen LogP contribution in [0.1, 0.15) is 32.8 Å². The van der Waals surface area contributed by atoms with Gasteiger partial charge in [0.05, 0.1) is 36.8 Å². The molecule has 1 unspecified atom stereocenters. The zero-order valence-corrected chi connectivity index (χ0v) is 27.8. The van der Waals surface area contributed by atoms with Gasteiger partial charge in [-0.3, -0.25) is 4.79 Å². The van der Waals surface area contributed by atoms with Gasteiger partial charge in [0, 0.05) is 35.5 Å². The van der Waals surface area contributed by atoms with Crippen LogP contribution in [-0.2, 0) is 16.1 Å². The minimum atomic E-state index is -0.484. The van der Waals surface area contributed by atoms with Crippen LogP contribution in [0.3, 0.4) is 0 Å². The lowest BCUT2D eigenvalue weighted by Crippen LogP contribution is -2.18. The van der Waals surface area contributed by atoms with Gasteiger partial charge in [-0.05, 0) is 75.7 Å². The lowest BCUT2D eigenvalue weighted by atomic mass is 10.1. The summed E-state index contributed by atoms with van der Waals surface area (Å²) in [5.41, 5.74) is 2.05. The highest BCUT2D eigenvalue weighted by molar-refractivity contribution is 8.00. The van der Waals surface area contributed by atoms with Crippen molar-refractivity contribution in [3.63, 3.8) is 0 Å². The molecule has 0 aliphatic carbocycles. The molecule has 12 heteroatoms. The van der Waals surface area contributed by atoms with E-state index in [2.05, 4.69) is 21.1 Å². The third-order valence-corrected chi connectivity index (χ3v) is 8.47. The number of thioether (sulfide) groups is 1. The molecule has 9 nitrogen and oxygen atoms in total. The summed E-state index contributed by atoms with van der Waals surface area (Å²) in [5, 5.41) is 4.75. The van der Waals surface area contributed by atoms with Gasteiger partial charge in [0.1, 0.15) is 29.3 Å². The number of nitrogens with zero attached hydrogens (tertiary/aromatic N) is 3. The number of carbonyl (C=O) groups is 1. The molecule has 0 bridgehead atoms. The van der Waals surface area contributed by atoms with Crippen molar-refractivity contribution in [3.8, 4) is 17.2 Å². The van der Waals surface area contributed by atoms with Crippen LogP contribution in [0.4, 0.5) is 15.9 Å². The summed E-state index contributed by atoms with van der Waals surface area (Å²) in [5.74, 6) is 2.21. The van der Waals surface area contributed by atoms with Gasteiger partial charge in [-0.1, -0.05) is 17.7 Å². The first-order valence-corrected chi connectivity index (χ1v) is 15.6. The van der Waals surface area contributed by atoms with E-state index >= 15 is 0 Å². The molecule has 0 spiro atoms. The van der Waals surface area contributed by atoms with Crippen molar-refractivity contribution >= 4 is 52.2 Å². The molecule has 0 amide bonds. The lowest BCUT2D eigenvalue weighted by Gasteiger charge is -2.26. The Morgan fingerprint density at radius 2 is 1.78 bits per heavy atom. The summed E-state index contributed by atoms with van der Waals surface area (Å²) in [6.07, 6.45) is 2.61. The number of fused-ring (bicyclic) bond motifs is 1. The van der Waals surface area contributed by atoms with Gasteiger partial charge in [0.25, 0.3) is 6.47 Å². The molecule has 1 N–H and O–H groups in total. The van der Waals surface area contributed by atoms with E-state index in [1.807, 2.05) is 49.9 Å². The number of anilines is 2. The summed E-state index contributed by atoms with van der Waals surface area (Å²) in [6.45, 7) is 8.29. The van der Waals surface area contributed by atoms with Crippen molar-refractivity contribution in [2.45, 2.75) is 49.5 Å². The fourth-order valence-corrected chi connectivity index (χ4v) is 6.09. The van der Waals surface area contributed by atoms with Crippen molar-refractivity contribution in [2.75, 3.05) is 39.3 Å². The first-order valence-electron chi connectivity index (χ1n) is 14.3. The molecule has 1 saturated heterocycles. The SMILES string of the molecule is CC(C)(C)OC=O.COc1ccc(CN(c2ccc(F)c(Cl)c2)c2ncnc3cc(OC)c(SC4CCNC4)cc23)cc1OC. The molecule has 45 heavy (non-hydrogen) atoms. The van der Waals surface area contributed by atoms with Gasteiger partial charge in [-0.15, -0.1) is 11.8 Å². The summed E-state index contributed by atoms with van der Waals surface area (Å²) >= 11 is 8.01. The second-order valence-corrected chi connectivity index (χ2v) is 12.9. The third kappa shape index (κ3) is 8.90. The molecule has 2 heterocycles. The van der Waals surface area contributed by atoms with E-state index in [1.165, 1.54) is 12.4 Å². The number of carbonyl (C=O) groups excluding carboxylic acids is 1. The van der Waals surface area contributed by atoms with Crippen LogP contribution < -0.4 is 24.4 Å². The van der Waals surface area contributed by atoms with Crippen LogP contribution in [0.5, 0.6) is 17.2 Å². The first kappa shape index (κ1) is 34.1. The van der Waals surface area contributed by atoms with Crippen molar-refractivity contribution in [3.05, 3.63) is 71.3 Å². The van der Waals surface area contributed by atoms with E-state index in [0.29, 0.717) is 41.3 Å². The van der Waals surface area contributed by atoms with Gasteiger partial charge in [-0.25, -0.2) is 14.4 Å². The van der Waals surface area contributed by atoms with E-state index in [9.17, 15) is 9.18 Å². The second kappa shape index (κ2) is 15.5. The molecule has 1 fully saturated rings. The quantitative estimate of drug-likeness (QED) is 0.177. The van der Waals surface area contributed by atoms with Crippen LogP contribution in [0.2, 0.25) is 5.02 Å². The molecule has 1 atom stereocenters. The average molecular weight is 657 g/mol. The minimum absolute atomic E-state index is 0.0322. The van der Waals surface area contributed by atoms with Crippen molar-refractivity contribution in [2.24, 2.45) is 0 Å². The van der Waals surface area contributed by atoms with Gasteiger partial charge in [0.2, 0.25) is 0 Å². The standard InChI is InChI=1S/C28H28ClFN4O3S.C5H10O2/c1-35-24-7-4-17(10-25(24)36-2)15-34(18-5-6-22(30)21(29)11-18)28-20-12-27(38-19-8-9-31-14-19)26(37-3)13-23(20)32-16-33-28;1-5(2,3)7-4-6/h4-7,10-13,16,19,31H,8-9,14-15H2,1-3H3;4H,1-3H3. The summed E-state index contributed by atoms with van der Waals surface area (Å²) in [7, 11) is 4.87. The number of ether oxygens (including phenoxy) is 4. The van der Waals surface area contributed by atoms with E-state index in [1.54, 1.807) is 45.2 Å². The molecule has 0 saturated carbocycles. The Hall–Kier alpha value is -3.80. The maximum Gasteiger partial charge on any atom is 0.293 e. The summed E-state index contributed by atoms with van der Waals surface area (Å²) in [4.78, 5) is 21.8. The topological polar surface area (TPSA) is 95.0 Å². The maximum absolute atomic E-state index is 14.1. The largest absolute Gasteiger partial charge is 0.496 e. The summed E-state index contributed by atoms with van der Waals surface area (Å²) < 4.78 is 35.3. The normalized spacial score (nSPS) is 14.4. The molecule has 5 rings (SSSR count). The van der Waals surface area contributed by atoms with Gasteiger partial charge in [-0.2, -0.15) is 0 Å². The Kier molecular flexibility index (Phi) is 11.7. The molecule has 240 valence electrons. The van der Waals surface area contributed by atoms with Gasteiger partial charge >= 0.3 is 0 Å². The zero-order valence-electron chi connectivity index (χ0n) is 26.2. The molecule has 1 aromatic heterocycles. The van der Waals surface area contributed by atoms with Crippen molar-refractivity contribution < 1.29 is 28.1 Å². The highest BCUT2D eigenvalue weighted by atomic mass is 35.5. The number of methoxy groups -OCH3 is 3. The molecular formula is C33H38ClFN4O5S. The Morgan fingerprint density at radius 1 is 1.02 bits per heavy atom. The second-order valence-electron chi connectivity index (χ2n) is 11.2. The van der Waals surface area contributed by atoms with E-state index < -0.39 is 5.82 Å². The van der Waals surface area contributed by atoms with Crippen LogP contribution in [0.15, 0.2) is 59.8 Å². The fraction of sp³-hybridized carbons (Fsp3) is 0.364. The average Bonchev–Trinajstić information content (AvgIpc) is 3.53. The van der Waals surface area contributed by atoms with Crippen molar-refractivity contribution in [1.29, 1.82) is 0 Å². The molecular weight excluding hydrogens is 619 g/mol. The van der Waals surface area contributed by atoms with E-state index in [4.69, 9.17) is 30.8 Å². The van der Waals surface area contributed by atoms with Gasteiger partial charge < -0.3 is 29.2 Å². The zero-order chi connectivity index (χ0) is 32.6. The van der Waals surface area contributed by atoms with Gasteiger partial charge in [0.15, 0.2) is 11.5 Å². The molecule has 0 radical (unpaired) electrons. The highest BCUT2D eigenvalue weighted by Gasteiger charge is 2.22. The number of hydrogen-bond donors (Lipinski definition) is 1. The van der Waals surface area contributed by atoms with Crippen LogP contribution in [0.25, 0.3) is 10.9 Å². The first-order chi connectivity index (χ1) is 21.6. The maximum atomic E-state index is 14.1. The number of rotatable bonds is 10. The number of halogens is 2. The van der Waals surface area contributed by atoms with E-state index in [0.717, 1.165) is 46.6 Å². The molecule has 1 aliphatic heterocycles. The smallest absolute Gasteiger partial charge is 0.293 e. The van der Waals surface area contributed by atoms with Crippen LogP contribution >= 0.6 is 23.4 Å². The third-order valence-electron chi connectivity index (χ3n) is 6.87. The Bertz CT molecular complexity index is 1610. The Labute approximate surface area is 272 Å². The lowest BCUT2D eigenvalue weighted by molar-refractivity contribution is -0.138. The number of benzene rings is 3. The summed E-state index contributed by atoms with van der Waals surface area (Å²) in [6, 6.07) is 14.4. The number of aromatic nitrogens is 2. The van der Waals surface area contributed by atoms with E-state index in [-0.39, 0.29) is 10.6 Å². The predicted octanol–water partition coefficient (Wildman–Crippen LogP) is 7.20. The minimum Gasteiger partial charge on any atom is -0.496 e. The fourth-order valence-electron chi connectivity index (χ4n) is 4.67. The highest BCUT2D eigenvalue weighted by Crippen LogP contribution is 2.41. The van der Waals surface area contributed by atoms with Crippen LogP contribution in [0, 0.1) is 5.82 Å². The Morgan fingerprint density at radius 3 is 2.38 bits per heavy atom. The number of hydrogen-bond acceptors (Lipinski definition) is 10. The molecule has 1 aliphatic rings. The predicted molar refractivity (Wildman–Crippen MR) is 177 cm³/mol. The molecule has 4 aromatic rings. The van der Waals surface area contributed by atoms with Crippen molar-refractivity contribution in [1.82, 2.24) is 15.3 Å². The number of nitrogens with one attached hydrogen (secondary N) is 1. The Balaban J connectivity index is 0.000000591. The van der Waals surface area contributed by atoms with Crippen LogP contribution in [-0.4, -0.2) is 61.7 Å². The monoisotopic (exact) mass is 656 g/mol. The molecule has 3 aromatic carbocycles.